The Balaban J connectivity index is 1.81. The number of rotatable bonds is 6. The minimum absolute atomic E-state index is 0.0160. The highest BCUT2D eigenvalue weighted by Gasteiger charge is 2.18. The first kappa shape index (κ1) is 21.7. The normalized spacial score (nSPS) is 12.2. The summed E-state index contributed by atoms with van der Waals surface area (Å²) in [6.07, 6.45) is 2.70. The highest BCUT2D eigenvalue weighted by Crippen LogP contribution is 2.40. The Labute approximate surface area is 178 Å². The summed E-state index contributed by atoms with van der Waals surface area (Å²) in [5.74, 6) is -0.650. The second-order valence-corrected chi connectivity index (χ2v) is 6.23. The van der Waals surface area contributed by atoms with Crippen molar-refractivity contribution in [3.8, 4) is 23.0 Å². The first-order valence-electron chi connectivity index (χ1n) is 9.14. The third-order valence-corrected chi connectivity index (χ3v) is 4.23. The number of carbonyl (C=O) groups is 3. The predicted molar refractivity (Wildman–Crippen MR) is 108 cm³/mol. The van der Waals surface area contributed by atoms with Gasteiger partial charge in [0, 0.05) is 6.08 Å². The first-order chi connectivity index (χ1) is 14.9. The van der Waals surface area contributed by atoms with Crippen LogP contribution in [0.3, 0.4) is 0 Å². The molecule has 0 amide bonds. The molecule has 1 heterocycles. The maximum atomic E-state index is 12.3. The second kappa shape index (κ2) is 9.66. The van der Waals surface area contributed by atoms with Crippen molar-refractivity contribution < 1.29 is 42.8 Å². The standard InChI is InChI=1S/C22H20O9/c1-26-17-8-13(9-18-20(17)30-7-6-29-18)4-5-19(23)31-16-11-14(21(24)27-2)10-15(12-16)22(25)28-3/h4-5,8-12H,6-7H2,1-3H3/b5-4+. The molecule has 2 aromatic rings. The molecule has 0 atom stereocenters. The van der Waals surface area contributed by atoms with Gasteiger partial charge in [-0.2, -0.15) is 0 Å². The molecule has 31 heavy (non-hydrogen) atoms. The average Bonchev–Trinajstić information content (AvgIpc) is 2.80. The average molecular weight is 428 g/mol. The van der Waals surface area contributed by atoms with Gasteiger partial charge in [-0.15, -0.1) is 0 Å². The van der Waals surface area contributed by atoms with E-state index in [4.69, 9.17) is 18.9 Å². The zero-order chi connectivity index (χ0) is 22.4. The number of hydrogen-bond donors (Lipinski definition) is 0. The van der Waals surface area contributed by atoms with Crippen LogP contribution in [0.4, 0.5) is 0 Å². The summed E-state index contributed by atoms with van der Waals surface area (Å²) in [4.78, 5) is 36.0. The van der Waals surface area contributed by atoms with Gasteiger partial charge in [-0.1, -0.05) is 0 Å². The van der Waals surface area contributed by atoms with Crippen LogP contribution in [0, 0.1) is 0 Å². The summed E-state index contributed by atoms with van der Waals surface area (Å²) in [6.45, 7) is 0.827. The lowest BCUT2D eigenvalue weighted by atomic mass is 10.1. The fourth-order valence-electron chi connectivity index (χ4n) is 2.83. The minimum atomic E-state index is -0.730. The van der Waals surface area contributed by atoms with E-state index in [-0.39, 0.29) is 16.9 Å². The van der Waals surface area contributed by atoms with Crippen molar-refractivity contribution in [2.24, 2.45) is 0 Å². The van der Waals surface area contributed by atoms with Crippen LogP contribution in [0.2, 0.25) is 0 Å². The van der Waals surface area contributed by atoms with Crippen molar-refractivity contribution in [3.63, 3.8) is 0 Å². The maximum absolute atomic E-state index is 12.3. The van der Waals surface area contributed by atoms with Crippen LogP contribution in [0.1, 0.15) is 26.3 Å². The van der Waals surface area contributed by atoms with E-state index in [9.17, 15) is 14.4 Å². The van der Waals surface area contributed by atoms with E-state index in [1.165, 1.54) is 51.7 Å². The third-order valence-electron chi connectivity index (χ3n) is 4.23. The lowest BCUT2D eigenvalue weighted by Gasteiger charge is -2.20. The highest BCUT2D eigenvalue weighted by molar-refractivity contribution is 5.96. The van der Waals surface area contributed by atoms with Gasteiger partial charge in [0.25, 0.3) is 0 Å². The summed E-state index contributed by atoms with van der Waals surface area (Å²) >= 11 is 0. The highest BCUT2D eigenvalue weighted by atomic mass is 16.6. The summed E-state index contributed by atoms with van der Waals surface area (Å²) in [5, 5.41) is 0. The van der Waals surface area contributed by atoms with Crippen LogP contribution in [0.5, 0.6) is 23.0 Å². The number of carbonyl (C=O) groups excluding carboxylic acids is 3. The molecule has 0 fully saturated rings. The van der Waals surface area contributed by atoms with Gasteiger partial charge in [-0.25, -0.2) is 14.4 Å². The van der Waals surface area contributed by atoms with Gasteiger partial charge in [0.2, 0.25) is 5.75 Å². The van der Waals surface area contributed by atoms with Gasteiger partial charge in [0.1, 0.15) is 19.0 Å². The number of fused-ring (bicyclic) bond motifs is 1. The fourth-order valence-corrected chi connectivity index (χ4v) is 2.83. The lowest BCUT2D eigenvalue weighted by molar-refractivity contribution is -0.128. The lowest BCUT2D eigenvalue weighted by Crippen LogP contribution is -2.16. The monoisotopic (exact) mass is 428 g/mol. The van der Waals surface area contributed by atoms with Gasteiger partial charge < -0.3 is 28.4 Å². The van der Waals surface area contributed by atoms with E-state index < -0.39 is 17.9 Å². The van der Waals surface area contributed by atoms with E-state index in [0.717, 1.165) is 0 Å². The molecular weight excluding hydrogens is 408 g/mol. The molecule has 1 aliphatic rings. The molecule has 1 aliphatic heterocycles. The third kappa shape index (κ3) is 5.13. The molecule has 0 saturated heterocycles. The van der Waals surface area contributed by atoms with Crippen LogP contribution in [0.25, 0.3) is 6.08 Å². The van der Waals surface area contributed by atoms with Gasteiger partial charge in [0.15, 0.2) is 11.5 Å². The zero-order valence-electron chi connectivity index (χ0n) is 17.1. The molecule has 9 heteroatoms. The number of benzene rings is 2. The largest absolute Gasteiger partial charge is 0.493 e. The maximum Gasteiger partial charge on any atom is 0.338 e. The molecule has 0 aromatic heterocycles. The zero-order valence-corrected chi connectivity index (χ0v) is 17.1. The van der Waals surface area contributed by atoms with E-state index in [1.54, 1.807) is 12.1 Å². The molecule has 0 radical (unpaired) electrons. The SMILES string of the molecule is COC(=O)c1cc(OC(=O)/C=C/c2cc(OC)c3c(c2)OCCO3)cc(C(=O)OC)c1. The van der Waals surface area contributed by atoms with Crippen molar-refractivity contribution >= 4 is 24.0 Å². The van der Waals surface area contributed by atoms with Gasteiger partial charge >= 0.3 is 17.9 Å². The Hall–Kier alpha value is -4.01. The molecule has 0 bridgehead atoms. The Morgan fingerprint density at radius 3 is 2.13 bits per heavy atom. The molecule has 2 aromatic carbocycles. The smallest absolute Gasteiger partial charge is 0.338 e. The molecule has 0 N–H and O–H groups in total. The van der Waals surface area contributed by atoms with Crippen LogP contribution in [-0.4, -0.2) is 52.5 Å². The number of methoxy groups -OCH3 is 3. The van der Waals surface area contributed by atoms with Crippen LogP contribution >= 0.6 is 0 Å². The van der Waals surface area contributed by atoms with Crippen molar-refractivity contribution in [2.75, 3.05) is 34.5 Å². The number of hydrogen-bond acceptors (Lipinski definition) is 9. The molecular formula is C22H20O9. The van der Waals surface area contributed by atoms with Crippen molar-refractivity contribution in [1.29, 1.82) is 0 Å². The molecule has 162 valence electrons. The topological polar surface area (TPSA) is 107 Å². The van der Waals surface area contributed by atoms with Crippen molar-refractivity contribution in [1.82, 2.24) is 0 Å². The van der Waals surface area contributed by atoms with Gasteiger partial charge in [-0.05, 0) is 42.0 Å². The summed E-state index contributed by atoms with van der Waals surface area (Å²) in [6, 6.07) is 7.25. The minimum Gasteiger partial charge on any atom is -0.493 e. The Morgan fingerprint density at radius 1 is 0.871 bits per heavy atom. The van der Waals surface area contributed by atoms with Gasteiger partial charge in [-0.3, -0.25) is 0 Å². The molecule has 0 unspecified atom stereocenters. The summed E-state index contributed by atoms with van der Waals surface area (Å²) < 4.78 is 31.0. The second-order valence-electron chi connectivity index (χ2n) is 6.23. The molecule has 9 nitrogen and oxygen atoms in total. The predicted octanol–water partition coefficient (Wildman–Crippen LogP) is 2.66. The van der Waals surface area contributed by atoms with E-state index in [2.05, 4.69) is 9.47 Å². The first-order valence-corrected chi connectivity index (χ1v) is 9.14. The van der Waals surface area contributed by atoms with Gasteiger partial charge in [0.05, 0.1) is 32.5 Å². The van der Waals surface area contributed by atoms with Crippen LogP contribution < -0.4 is 18.9 Å². The Morgan fingerprint density at radius 2 is 1.52 bits per heavy atom. The number of esters is 3. The van der Waals surface area contributed by atoms with Crippen LogP contribution in [-0.2, 0) is 14.3 Å². The molecule has 0 saturated carbocycles. The van der Waals surface area contributed by atoms with E-state index in [1.807, 2.05) is 0 Å². The summed E-state index contributed by atoms with van der Waals surface area (Å²) in [5.41, 5.74) is 0.694. The molecule has 0 spiro atoms. The molecule has 3 rings (SSSR count). The number of ether oxygens (including phenoxy) is 6. The fraction of sp³-hybridized carbons (Fsp3) is 0.227. The summed E-state index contributed by atoms with van der Waals surface area (Å²) in [7, 11) is 3.90. The molecule has 0 aliphatic carbocycles. The van der Waals surface area contributed by atoms with E-state index >= 15 is 0 Å². The Kier molecular flexibility index (Phi) is 6.76. The van der Waals surface area contributed by atoms with Crippen molar-refractivity contribution in [2.45, 2.75) is 0 Å². The van der Waals surface area contributed by atoms with Crippen LogP contribution in [0.15, 0.2) is 36.4 Å². The van der Waals surface area contributed by atoms with Crippen molar-refractivity contribution in [3.05, 3.63) is 53.1 Å². The van der Waals surface area contributed by atoms with E-state index in [0.29, 0.717) is 36.0 Å². The quantitative estimate of drug-likeness (QED) is 0.390. The Bertz CT molecular complexity index is 988.